The highest BCUT2D eigenvalue weighted by molar-refractivity contribution is 5.99. The Bertz CT molecular complexity index is 438. The van der Waals surface area contributed by atoms with Crippen LogP contribution in [0.2, 0.25) is 0 Å². The van der Waals surface area contributed by atoms with Crippen molar-refractivity contribution in [2.45, 2.75) is 33.7 Å². The number of hydrogen-bond acceptors (Lipinski definition) is 3. The predicted molar refractivity (Wildman–Crippen MR) is 77.8 cm³/mol. The minimum absolute atomic E-state index is 0.186. The highest BCUT2D eigenvalue weighted by Gasteiger charge is 2.19. The van der Waals surface area contributed by atoms with Crippen molar-refractivity contribution in [3.05, 3.63) is 23.0 Å². The fourth-order valence-electron chi connectivity index (χ4n) is 2.33. The third kappa shape index (κ3) is 3.67. The van der Waals surface area contributed by atoms with Crippen LogP contribution >= 0.6 is 0 Å². The number of aromatic nitrogens is 1. The number of ether oxygens (including phenoxy) is 1. The lowest BCUT2D eigenvalue weighted by atomic mass is 10.1. The SMILES string of the molecule is CCN(CC(=O)c1cc(C)n(C)c1C)C(C)COC. The number of hydrogen-bond donors (Lipinski definition) is 0. The van der Waals surface area contributed by atoms with Gasteiger partial charge in [-0.05, 0) is 33.4 Å². The average molecular weight is 266 g/mol. The van der Waals surface area contributed by atoms with Crippen LogP contribution in [0.5, 0.6) is 0 Å². The topological polar surface area (TPSA) is 34.5 Å². The monoisotopic (exact) mass is 266 g/mol. The van der Waals surface area contributed by atoms with Crippen LogP contribution in [0.1, 0.15) is 35.6 Å². The molecule has 0 spiro atoms. The van der Waals surface area contributed by atoms with Gasteiger partial charge >= 0.3 is 0 Å². The van der Waals surface area contributed by atoms with Crippen LogP contribution in [0.3, 0.4) is 0 Å². The summed E-state index contributed by atoms with van der Waals surface area (Å²) in [5, 5.41) is 0. The number of carbonyl (C=O) groups excluding carboxylic acids is 1. The summed E-state index contributed by atoms with van der Waals surface area (Å²) in [5.41, 5.74) is 3.00. The Morgan fingerprint density at radius 3 is 2.53 bits per heavy atom. The molecule has 0 amide bonds. The molecule has 0 aliphatic carbocycles. The Balaban J connectivity index is 2.80. The maximum atomic E-state index is 12.4. The highest BCUT2D eigenvalue weighted by atomic mass is 16.5. The molecule has 0 saturated carbocycles. The van der Waals surface area contributed by atoms with Crippen LogP contribution in [0.4, 0.5) is 0 Å². The van der Waals surface area contributed by atoms with Crippen molar-refractivity contribution in [2.24, 2.45) is 7.05 Å². The summed E-state index contributed by atoms with van der Waals surface area (Å²) in [6.07, 6.45) is 0. The minimum atomic E-state index is 0.186. The number of methoxy groups -OCH3 is 1. The van der Waals surface area contributed by atoms with Gasteiger partial charge < -0.3 is 9.30 Å². The number of carbonyl (C=O) groups is 1. The van der Waals surface area contributed by atoms with E-state index in [2.05, 4.69) is 23.3 Å². The van der Waals surface area contributed by atoms with Crippen LogP contribution in [-0.4, -0.2) is 48.1 Å². The second-order valence-corrected chi connectivity index (χ2v) is 5.13. The van der Waals surface area contributed by atoms with Crippen molar-refractivity contribution < 1.29 is 9.53 Å². The van der Waals surface area contributed by atoms with E-state index in [1.54, 1.807) is 7.11 Å². The molecule has 1 heterocycles. The molecule has 1 aromatic rings. The zero-order valence-electron chi connectivity index (χ0n) is 13.0. The Morgan fingerprint density at radius 2 is 2.11 bits per heavy atom. The summed E-state index contributed by atoms with van der Waals surface area (Å²) in [6, 6.07) is 2.23. The van der Waals surface area contributed by atoms with Crippen LogP contribution in [0.25, 0.3) is 0 Å². The molecule has 1 aromatic heterocycles. The number of aryl methyl sites for hydroxylation is 1. The van der Waals surface area contributed by atoms with E-state index in [4.69, 9.17) is 4.74 Å². The number of ketones is 1. The van der Waals surface area contributed by atoms with Gasteiger partial charge in [0.15, 0.2) is 5.78 Å². The molecule has 0 N–H and O–H groups in total. The second kappa shape index (κ2) is 6.87. The molecule has 0 aromatic carbocycles. The van der Waals surface area contributed by atoms with E-state index < -0.39 is 0 Å². The Hall–Kier alpha value is -1.13. The quantitative estimate of drug-likeness (QED) is 0.709. The third-order valence-corrected chi connectivity index (χ3v) is 3.86. The van der Waals surface area contributed by atoms with E-state index in [0.29, 0.717) is 13.2 Å². The summed E-state index contributed by atoms with van der Waals surface area (Å²) in [4.78, 5) is 14.6. The predicted octanol–water partition coefficient (Wildman–Crippen LogP) is 2.18. The lowest BCUT2D eigenvalue weighted by Crippen LogP contribution is -2.39. The maximum absolute atomic E-state index is 12.4. The zero-order valence-corrected chi connectivity index (χ0v) is 13.0. The fraction of sp³-hybridized carbons (Fsp3) is 0.667. The first-order valence-corrected chi connectivity index (χ1v) is 6.81. The van der Waals surface area contributed by atoms with Gasteiger partial charge in [0.2, 0.25) is 0 Å². The molecule has 4 heteroatoms. The average Bonchev–Trinajstić information content (AvgIpc) is 2.63. The van der Waals surface area contributed by atoms with Crippen molar-refractivity contribution in [3.63, 3.8) is 0 Å². The molecule has 19 heavy (non-hydrogen) atoms. The van der Waals surface area contributed by atoms with Gasteiger partial charge in [0.25, 0.3) is 0 Å². The third-order valence-electron chi connectivity index (χ3n) is 3.86. The second-order valence-electron chi connectivity index (χ2n) is 5.13. The van der Waals surface area contributed by atoms with Gasteiger partial charge in [-0.1, -0.05) is 6.92 Å². The summed E-state index contributed by atoms with van der Waals surface area (Å²) in [7, 11) is 3.68. The van der Waals surface area contributed by atoms with Crippen molar-refractivity contribution in [2.75, 3.05) is 26.8 Å². The molecule has 0 bridgehead atoms. The Kier molecular flexibility index (Phi) is 5.76. The van der Waals surface area contributed by atoms with Crippen LogP contribution in [0.15, 0.2) is 6.07 Å². The minimum Gasteiger partial charge on any atom is -0.383 e. The van der Waals surface area contributed by atoms with Gasteiger partial charge in [-0.25, -0.2) is 0 Å². The summed E-state index contributed by atoms with van der Waals surface area (Å²) < 4.78 is 7.22. The first-order valence-electron chi connectivity index (χ1n) is 6.81. The van der Waals surface area contributed by atoms with Crippen molar-refractivity contribution >= 4 is 5.78 Å². The van der Waals surface area contributed by atoms with Crippen molar-refractivity contribution in [1.29, 1.82) is 0 Å². The molecule has 0 aliphatic heterocycles. The Labute approximate surface area is 116 Å². The van der Waals surface area contributed by atoms with Crippen molar-refractivity contribution in [1.82, 2.24) is 9.47 Å². The van der Waals surface area contributed by atoms with Gasteiger partial charge in [-0.2, -0.15) is 0 Å². The van der Waals surface area contributed by atoms with E-state index in [9.17, 15) is 4.79 Å². The number of Topliss-reactive ketones (excluding diaryl/α,β-unsaturated/α-hetero) is 1. The molecule has 0 saturated heterocycles. The smallest absolute Gasteiger partial charge is 0.178 e. The number of rotatable bonds is 7. The standard InChI is InChI=1S/C15H26N2O2/c1-7-17(12(3)10-19-6)9-15(18)14-8-11(2)16(5)13(14)4/h8,12H,7,9-10H2,1-6H3. The maximum Gasteiger partial charge on any atom is 0.178 e. The van der Waals surface area contributed by atoms with Crippen LogP contribution in [-0.2, 0) is 11.8 Å². The first-order chi connectivity index (χ1) is 8.92. The zero-order chi connectivity index (χ0) is 14.6. The number of nitrogens with zero attached hydrogens (tertiary/aromatic N) is 2. The lowest BCUT2D eigenvalue weighted by molar-refractivity contribution is 0.0787. The molecule has 0 fully saturated rings. The lowest BCUT2D eigenvalue weighted by Gasteiger charge is -2.26. The van der Waals surface area contributed by atoms with Gasteiger partial charge in [0.05, 0.1) is 13.2 Å². The summed E-state index contributed by atoms with van der Waals surface area (Å²) >= 11 is 0. The van der Waals surface area contributed by atoms with Gasteiger partial charge in [0.1, 0.15) is 0 Å². The fourth-order valence-corrected chi connectivity index (χ4v) is 2.33. The molecule has 1 rings (SSSR count). The highest BCUT2D eigenvalue weighted by Crippen LogP contribution is 2.15. The van der Waals surface area contributed by atoms with E-state index in [1.807, 2.05) is 27.0 Å². The Morgan fingerprint density at radius 1 is 1.47 bits per heavy atom. The molecular formula is C15H26N2O2. The normalized spacial score (nSPS) is 13.0. The van der Waals surface area contributed by atoms with Gasteiger partial charge in [-0.3, -0.25) is 9.69 Å². The van der Waals surface area contributed by atoms with Crippen LogP contribution in [0, 0.1) is 13.8 Å². The molecule has 1 unspecified atom stereocenters. The molecule has 4 nitrogen and oxygen atoms in total. The van der Waals surface area contributed by atoms with Gasteiger partial charge in [0, 0.05) is 37.2 Å². The number of likely N-dealkylation sites (N-methyl/N-ethyl adjacent to an activating group) is 1. The van der Waals surface area contributed by atoms with E-state index >= 15 is 0 Å². The van der Waals surface area contributed by atoms with E-state index in [1.165, 1.54) is 0 Å². The summed E-state index contributed by atoms with van der Waals surface area (Å²) in [5.74, 6) is 0.186. The molecule has 0 aliphatic rings. The molecular weight excluding hydrogens is 240 g/mol. The van der Waals surface area contributed by atoms with Crippen molar-refractivity contribution in [3.8, 4) is 0 Å². The summed E-state index contributed by atoms with van der Waals surface area (Å²) in [6.45, 7) is 10.1. The van der Waals surface area contributed by atoms with Gasteiger partial charge in [-0.15, -0.1) is 0 Å². The molecule has 108 valence electrons. The molecule has 1 atom stereocenters. The van der Waals surface area contributed by atoms with Crippen LogP contribution < -0.4 is 0 Å². The largest absolute Gasteiger partial charge is 0.383 e. The van der Waals surface area contributed by atoms with E-state index in [-0.39, 0.29) is 11.8 Å². The molecule has 0 radical (unpaired) electrons. The van der Waals surface area contributed by atoms with E-state index in [0.717, 1.165) is 23.5 Å². The first kappa shape index (κ1) is 15.9.